The number of anilines is 1. The fourth-order valence-electron chi connectivity index (χ4n) is 3.36. The molecule has 1 unspecified atom stereocenters. The third-order valence-electron chi connectivity index (χ3n) is 4.68. The van der Waals surface area contributed by atoms with Crippen molar-refractivity contribution in [2.75, 3.05) is 12.1 Å². The zero-order valence-corrected chi connectivity index (χ0v) is 16.3. The first kappa shape index (κ1) is 17.9. The second-order valence-electron chi connectivity index (χ2n) is 6.31. The maximum absolute atomic E-state index is 6.48. The van der Waals surface area contributed by atoms with Gasteiger partial charge in [-0.2, -0.15) is 5.10 Å². The highest BCUT2D eigenvalue weighted by molar-refractivity contribution is 6.33. The summed E-state index contributed by atoms with van der Waals surface area (Å²) in [4.78, 5) is 0. The molecule has 0 amide bonds. The summed E-state index contributed by atoms with van der Waals surface area (Å²) in [6.07, 6.45) is 0.743. The van der Waals surface area contributed by atoms with Gasteiger partial charge in [0.15, 0.2) is 0 Å². The van der Waals surface area contributed by atoms with Gasteiger partial charge in [-0.1, -0.05) is 59.6 Å². The minimum atomic E-state index is 0.0297. The first-order valence-corrected chi connectivity index (χ1v) is 9.43. The molecule has 0 saturated heterocycles. The molecular formula is C22H18Cl2N2O. The Hall–Kier alpha value is -2.49. The predicted octanol–water partition coefficient (Wildman–Crippen LogP) is 6.36. The van der Waals surface area contributed by atoms with E-state index in [-0.39, 0.29) is 6.04 Å². The number of rotatable bonds is 4. The van der Waals surface area contributed by atoms with Crippen molar-refractivity contribution in [3.63, 3.8) is 0 Å². The van der Waals surface area contributed by atoms with Crippen LogP contribution in [0, 0.1) is 0 Å². The fourth-order valence-corrected chi connectivity index (χ4v) is 3.71. The summed E-state index contributed by atoms with van der Waals surface area (Å²) in [5.41, 5.74) is 3.97. The van der Waals surface area contributed by atoms with Gasteiger partial charge in [-0.15, -0.1) is 0 Å². The molecule has 5 heteroatoms. The van der Waals surface area contributed by atoms with E-state index in [9.17, 15) is 0 Å². The van der Waals surface area contributed by atoms with Crippen LogP contribution >= 0.6 is 23.2 Å². The normalized spacial score (nSPS) is 16.3. The van der Waals surface area contributed by atoms with Gasteiger partial charge < -0.3 is 4.74 Å². The monoisotopic (exact) mass is 396 g/mol. The lowest BCUT2D eigenvalue weighted by atomic mass is 9.97. The Morgan fingerprint density at radius 2 is 1.63 bits per heavy atom. The summed E-state index contributed by atoms with van der Waals surface area (Å²) in [7, 11) is 1.68. The van der Waals surface area contributed by atoms with Crippen LogP contribution in [0.2, 0.25) is 10.0 Å². The van der Waals surface area contributed by atoms with Crippen molar-refractivity contribution in [2.24, 2.45) is 5.10 Å². The molecule has 3 nitrogen and oxygen atoms in total. The topological polar surface area (TPSA) is 24.8 Å². The Labute approximate surface area is 168 Å². The molecular weight excluding hydrogens is 379 g/mol. The van der Waals surface area contributed by atoms with Gasteiger partial charge in [0, 0.05) is 17.0 Å². The first-order chi connectivity index (χ1) is 13.2. The molecule has 27 heavy (non-hydrogen) atoms. The van der Waals surface area contributed by atoms with Crippen molar-refractivity contribution in [1.82, 2.24) is 0 Å². The summed E-state index contributed by atoms with van der Waals surface area (Å²) in [6, 6.07) is 23.6. The van der Waals surface area contributed by atoms with E-state index in [0.717, 1.165) is 34.7 Å². The average Bonchev–Trinajstić information content (AvgIpc) is 3.14. The van der Waals surface area contributed by atoms with Gasteiger partial charge in [-0.25, -0.2) is 0 Å². The summed E-state index contributed by atoms with van der Waals surface area (Å²) >= 11 is 12.6. The standard InChI is InChI=1S/C22H18Cl2N2O/c1-27-22-9-5-2-6-17(22)19-14-21(15-10-12-16(23)13-11-15)26(25-19)20-8-4-3-7-18(20)24/h2-13,21H,14H2,1H3. The Balaban J connectivity index is 1.80. The SMILES string of the molecule is COc1ccccc1C1=NN(c2ccccc2Cl)C(c2ccc(Cl)cc2)C1. The number of para-hydroxylation sites is 2. The molecule has 1 atom stereocenters. The molecule has 0 N–H and O–H groups in total. The molecule has 0 spiro atoms. The number of halogens is 2. The maximum Gasteiger partial charge on any atom is 0.127 e. The molecule has 1 aliphatic rings. The molecule has 0 aromatic heterocycles. The van der Waals surface area contributed by atoms with E-state index in [0.29, 0.717) is 10.0 Å². The van der Waals surface area contributed by atoms with Gasteiger partial charge in [0.25, 0.3) is 0 Å². The Morgan fingerprint density at radius 3 is 2.37 bits per heavy atom. The highest BCUT2D eigenvalue weighted by atomic mass is 35.5. The molecule has 1 aliphatic heterocycles. The van der Waals surface area contributed by atoms with E-state index in [4.69, 9.17) is 33.0 Å². The average molecular weight is 397 g/mol. The van der Waals surface area contributed by atoms with Crippen LogP contribution in [0.4, 0.5) is 5.69 Å². The molecule has 0 saturated carbocycles. The lowest BCUT2D eigenvalue weighted by molar-refractivity contribution is 0.414. The minimum Gasteiger partial charge on any atom is -0.496 e. The number of ether oxygens (including phenoxy) is 1. The van der Waals surface area contributed by atoms with Crippen molar-refractivity contribution in [3.05, 3.63) is 94.0 Å². The highest BCUT2D eigenvalue weighted by Gasteiger charge is 2.31. The summed E-state index contributed by atoms with van der Waals surface area (Å²) < 4.78 is 5.54. The zero-order chi connectivity index (χ0) is 18.8. The molecule has 0 bridgehead atoms. The van der Waals surface area contributed by atoms with Gasteiger partial charge in [-0.3, -0.25) is 5.01 Å². The Morgan fingerprint density at radius 1 is 0.926 bits per heavy atom. The van der Waals surface area contributed by atoms with Crippen LogP contribution in [-0.2, 0) is 0 Å². The van der Waals surface area contributed by atoms with Crippen molar-refractivity contribution < 1.29 is 4.74 Å². The number of benzene rings is 3. The van der Waals surface area contributed by atoms with Crippen molar-refractivity contribution in [2.45, 2.75) is 12.5 Å². The minimum absolute atomic E-state index is 0.0297. The number of hydrazone groups is 1. The van der Waals surface area contributed by atoms with Crippen LogP contribution in [-0.4, -0.2) is 12.8 Å². The van der Waals surface area contributed by atoms with Gasteiger partial charge >= 0.3 is 0 Å². The second kappa shape index (κ2) is 7.63. The van der Waals surface area contributed by atoms with E-state index >= 15 is 0 Å². The number of nitrogens with zero attached hydrogens (tertiary/aromatic N) is 2. The van der Waals surface area contributed by atoms with Crippen LogP contribution in [0.5, 0.6) is 5.75 Å². The van der Waals surface area contributed by atoms with E-state index in [1.54, 1.807) is 7.11 Å². The van der Waals surface area contributed by atoms with Gasteiger partial charge in [-0.05, 0) is 42.0 Å². The van der Waals surface area contributed by atoms with Crippen LogP contribution in [0.25, 0.3) is 0 Å². The number of hydrogen-bond acceptors (Lipinski definition) is 3. The van der Waals surface area contributed by atoms with Crippen LogP contribution in [0.15, 0.2) is 77.9 Å². The molecule has 1 heterocycles. The highest BCUT2D eigenvalue weighted by Crippen LogP contribution is 2.40. The lowest BCUT2D eigenvalue weighted by Crippen LogP contribution is -2.18. The molecule has 136 valence electrons. The number of methoxy groups -OCH3 is 1. The zero-order valence-electron chi connectivity index (χ0n) is 14.8. The molecule has 0 radical (unpaired) electrons. The predicted molar refractivity (Wildman–Crippen MR) is 112 cm³/mol. The smallest absolute Gasteiger partial charge is 0.127 e. The molecule has 3 aromatic rings. The summed E-state index contributed by atoms with van der Waals surface area (Å²) in [6.45, 7) is 0. The van der Waals surface area contributed by atoms with Crippen molar-refractivity contribution in [1.29, 1.82) is 0 Å². The molecule has 4 rings (SSSR count). The van der Waals surface area contributed by atoms with Crippen molar-refractivity contribution in [3.8, 4) is 5.75 Å². The lowest BCUT2D eigenvalue weighted by Gasteiger charge is -2.24. The largest absolute Gasteiger partial charge is 0.496 e. The quantitative estimate of drug-likeness (QED) is 0.512. The van der Waals surface area contributed by atoms with Crippen LogP contribution < -0.4 is 9.75 Å². The fraction of sp³-hybridized carbons (Fsp3) is 0.136. The molecule has 0 aliphatic carbocycles. The van der Waals surface area contributed by atoms with Crippen molar-refractivity contribution >= 4 is 34.6 Å². The van der Waals surface area contributed by atoms with E-state index in [1.165, 1.54) is 0 Å². The molecule has 3 aromatic carbocycles. The van der Waals surface area contributed by atoms with Crippen LogP contribution in [0.1, 0.15) is 23.6 Å². The first-order valence-electron chi connectivity index (χ1n) is 8.67. The Bertz CT molecular complexity index is 986. The molecule has 0 fully saturated rings. The van der Waals surface area contributed by atoms with Gasteiger partial charge in [0.1, 0.15) is 5.75 Å². The Kier molecular flexibility index (Phi) is 5.06. The van der Waals surface area contributed by atoms with E-state index < -0.39 is 0 Å². The van der Waals surface area contributed by atoms with E-state index in [1.807, 2.05) is 77.8 Å². The second-order valence-corrected chi connectivity index (χ2v) is 7.16. The summed E-state index contributed by atoms with van der Waals surface area (Å²) in [5, 5.41) is 8.31. The number of hydrogen-bond donors (Lipinski definition) is 0. The third-order valence-corrected chi connectivity index (χ3v) is 5.25. The third kappa shape index (κ3) is 3.53. The van der Waals surface area contributed by atoms with E-state index in [2.05, 4.69) is 0 Å². The van der Waals surface area contributed by atoms with Crippen LogP contribution in [0.3, 0.4) is 0 Å². The van der Waals surface area contributed by atoms with Gasteiger partial charge in [0.05, 0.1) is 29.6 Å². The maximum atomic E-state index is 6.48. The van der Waals surface area contributed by atoms with Gasteiger partial charge in [0.2, 0.25) is 0 Å². The summed E-state index contributed by atoms with van der Waals surface area (Å²) in [5.74, 6) is 0.812.